The number of aliphatic hydroxyl groups is 1. The van der Waals surface area contributed by atoms with E-state index in [1.165, 1.54) is 10.5 Å². The SMILES string of the molecule is Cc1[nH]c2ccccc2c1CCN1C(=O)OC(C)(C)[C@]1(C)O. The lowest BCUT2D eigenvalue weighted by Gasteiger charge is -2.34. The molecule has 1 atom stereocenters. The average molecular weight is 302 g/mol. The van der Waals surface area contributed by atoms with Crippen LogP contribution in [0.25, 0.3) is 10.9 Å². The quantitative estimate of drug-likeness (QED) is 0.916. The van der Waals surface area contributed by atoms with Crippen molar-refractivity contribution >= 4 is 17.0 Å². The first kappa shape index (κ1) is 14.9. The van der Waals surface area contributed by atoms with E-state index in [4.69, 9.17) is 4.74 Å². The Kier molecular flexibility index (Phi) is 3.22. The molecule has 1 aliphatic rings. The Balaban J connectivity index is 1.86. The standard InChI is InChI=1S/C17H22N2O3/c1-11-12(13-7-5-6-8-14(13)18-11)9-10-19-15(20)22-16(2,3)17(19,4)21/h5-8,18,21H,9-10H2,1-4H3/t17-/m0/s1. The zero-order valence-electron chi connectivity index (χ0n) is 13.4. The smallest absolute Gasteiger partial charge is 0.412 e. The number of carbonyl (C=O) groups is 1. The Morgan fingerprint density at radius 1 is 1.27 bits per heavy atom. The predicted molar refractivity (Wildman–Crippen MR) is 84.6 cm³/mol. The minimum Gasteiger partial charge on any atom is -0.438 e. The third kappa shape index (κ3) is 2.08. The number of cyclic esters (lactones) is 1. The molecule has 1 aliphatic heterocycles. The summed E-state index contributed by atoms with van der Waals surface area (Å²) in [4.78, 5) is 16.8. The van der Waals surface area contributed by atoms with E-state index in [1.807, 2.05) is 25.1 Å². The zero-order valence-corrected chi connectivity index (χ0v) is 13.4. The van der Waals surface area contributed by atoms with Crippen molar-refractivity contribution in [2.75, 3.05) is 6.54 Å². The second kappa shape index (κ2) is 4.74. The van der Waals surface area contributed by atoms with Crippen LogP contribution in [0.4, 0.5) is 4.79 Å². The molecule has 1 amide bonds. The highest BCUT2D eigenvalue weighted by Gasteiger charge is 2.56. The molecule has 2 aromatic rings. The predicted octanol–water partition coefficient (Wildman–Crippen LogP) is 2.96. The number of ether oxygens (including phenoxy) is 1. The molecular weight excluding hydrogens is 280 g/mol. The monoisotopic (exact) mass is 302 g/mol. The summed E-state index contributed by atoms with van der Waals surface area (Å²) in [5.41, 5.74) is 1.12. The highest BCUT2D eigenvalue weighted by atomic mass is 16.6. The summed E-state index contributed by atoms with van der Waals surface area (Å²) < 4.78 is 5.29. The van der Waals surface area contributed by atoms with Gasteiger partial charge in [0, 0.05) is 23.1 Å². The third-order valence-electron chi connectivity index (χ3n) is 4.84. The fourth-order valence-corrected chi connectivity index (χ4v) is 3.06. The Labute approximate surface area is 129 Å². The number of carbonyl (C=O) groups excluding carboxylic acids is 1. The van der Waals surface area contributed by atoms with Gasteiger partial charge in [0.05, 0.1) is 0 Å². The normalized spacial score (nSPS) is 24.0. The van der Waals surface area contributed by atoms with Gasteiger partial charge in [-0.25, -0.2) is 4.79 Å². The third-order valence-corrected chi connectivity index (χ3v) is 4.84. The Bertz CT molecular complexity index is 731. The van der Waals surface area contributed by atoms with Gasteiger partial charge in [0.2, 0.25) is 0 Å². The molecule has 0 spiro atoms. The number of aromatic amines is 1. The van der Waals surface area contributed by atoms with Crippen molar-refractivity contribution in [3.8, 4) is 0 Å². The van der Waals surface area contributed by atoms with E-state index in [0.717, 1.165) is 16.6 Å². The van der Waals surface area contributed by atoms with Crippen LogP contribution in [0.5, 0.6) is 0 Å². The van der Waals surface area contributed by atoms with Crippen molar-refractivity contribution in [1.29, 1.82) is 0 Å². The van der Waals surface area contributed by atoms with E-state index in [-0.39, 0.29) is 0 Å². The fourth-order valence-electron chi connectivity index (χ4n) is 3.06. The molecule has 1 fully saturated rings. The average Bonchev–Trinajstić information content (AvgIpc) is 2.81. The summed E-state index contributed by atoms with van der Waals surface area (Å²) in [6, 6.07) is 8.10. The zero-order chi connectivity index (χ0) is 16.1. The van der Waals surface area contributed by atoms with Gasteiger partial charge >= 0.3 is 6.09 Å². The number of benzene rings is 1. The van der Waals surface area contributed by atoms with Gasteiger partial charge in [0.25, 0.3) is 0 Å². The van der Waals surface area contributed by atoms with Crippen LogP contribution in [-0.4, -0.2) is 39.0 Å². The number of fused-ring (bicyclic) bond motifs is 1. The Hall–Kier alpha value is -2.01. The molecule has 5 nitrogen and oxygen atoms in total. The highest BCUT2D eigenvalue weighted by Crippen LogP contribution is 2.37. The number of amides is 1. The summed E-state index contributed by atoms with van der Waals surface area (Å²) in [6.45, 7) is 7.52. The molecule has 1 aromatic heterocycles. The number of rotatable bonds is 3. The van der Waals surface area contributed by atoms with Gasteiger partial charge in [-0.2, -0.15) is 0 Å². The van der Waals surface area contributed by atoms with Gasteiger partial charge in [0.1, 0.15) is 0 Å². The maximum Gasteiger partial charge on any atom is 0.412 e. The van der Waals surface area contributed by atoms with E-state index in [0.29, 0.717) is 13.0 Å². The van der Waals surface area contributed by atoms with Crippen LogP contribution in [0.3, 0.4) is 0 Å². The maximum atomic E-state index is 12.0. The first-order valence-corrected chi connectivity index (χ1v) is 7.53. The number of nitrogens with zero attached hydrogens (tertiary/aromatic N) is 1. The fraction of sp³-hybridized carbons (Fsp3) is 0.471. The van der Waals surface area contributed by atoms with Crippen LogP contribution >= 0.6 is 0 Å². The number of aryl methyl sites for hydroxylation is 1. The second-order valence-electron chi connectivity index (χ2n) is 6.57. The summed E-state index contributed by atoms with van der Waals surface area (Å²) >= 11 is 0. The van der Waals surface area contributed by atoms with Crippen LogP contribution in [0.2, 0.25) is 0 Å². The molecule has 22 heavy (non-hydrogen) atoms. The van der Waals surface area contributed by atoms with Crippen molar-refractivity contribution in [3.63, 3.8) is 0 Å². The molecule has 2 heterocycles. The molecule has 0 bridgehead atoms. The molecule has 0 unspecified atom stereocenters. The van der Waals surface area contributed by atoms with Gasteiger partial charge in [-0.3, -0.25) is 4.90 Å². The van der Waals surface area contributed by atoms with E-state index in [2.05, 4.69) is 11.1 Å². The van der Waals surface area contributed by atoms with E-state index < -0.39 is 17.4 Å². The van der Waals surface area contributed by atoms with Crippen LogP contribution < -0.4 is 0 Å². The molecular formula is C17H22N2O3. The summed E-state index contributed by atoms with van der Waals surface area (Å²) in [5, 5.41) is 11.8. The van der Waals surface area contributed by atoms with Crippen molar-refractivity contribution in [3.05, 3.63) is 35.5 Å². The highest BCUT2D eigenvalue weighted by molar-refractivity contribution is 5.84. The molecule has 2 N–H and O–H groups in total. The van der Waals surface area contributed by atoms with Crippen LogP contribution in [0.15, 0.2) is 24.3 Å². The van der Waals surface area contributed by atoms with Crippen LogP contribution in [0, 0.1) is 6.92 Å². The molecule has 5 heteroatoms. The summed E-state index contributed by atoms with van der Waals surface area (Å²) in [5.74, 6) is 0. The molecule has 0 radical (unpaired) electrons. The van der Waals surface area contributed by atoms with Gasteiger partial charge < -0.3 is 14.8 Å². The van der Waals surface area contributed by atoms with Crippen molar-refractivity contribution in [2.24, 2.45) is 0 Å². The molecule has 1 aromatic carbocycles. The summed E-state index contributed by atoms with van der Waals surface area (Å²) in [6.07, 6.45) is 0.199. The second-order valence-corrected chi connectivity index (χ2v) is 6.57. The van der Waals surface area contributed by atoms with Gasteiger partial charge in [-0.15, -0.1) is 0 Å². The lowest BCUT2D eigenvalue weighted by atomic mass is 9.95. The van der Waals surface area contributed by atoms with E-state index in [1.54, 1.807) is 20.8 Å². The largest absolute Gasteiger partial charge is 0.438 e. The van der Waals surface area contributed by atoms with Crippen molar-refractivity contribution < 1.29 is 14.6 Å². The first-order valence-electron chi connectivity index (χ1n) is 7.53. The maximum absolute atomic E-state index is 12.0. The van der Waals surface area contributed by atoms with Crippen molar-refractivity contribution in [1.82, 2.24) is 9.88 Å². The molecule has 0 saturated carbocycles. The van der Waals surface area contributed by atoms with Gasteiger partial charge in [0.15, 0.2) is 11.3 Å². The van der Waals surface area contributed by atoms with Crippen LogP contribution in [-0.2, 0) is 11.2 Å². The van der Waals surface area contributed by atoms with Gasteiger partial charge in [-0.1, -0.05) is 18.2 Å². The lowest BCUT2D eigenvalue weighted by molar-refractivity contribution is -0.126. The lowest BCUT2D eigenvalue weighted by Crippen LogP contribution is -2.54. The van der Waals surface area contributed by atoms with Crippen molar-refractivity contribution in [2.45, 2.75) is 45.4 Å². The first-order chi connectivity index (χ1) is 10.2. The Morgan fingerprint density at radius 2 is 1.95 bits per heavy atom. The topological polar surface area (TPSA) is 65.6 Å². The van der Waals surface area contributed by atoms with E-state index >= 15 is 0 Å². The Morgan fingerprint density at radius 3 is 2.59 bits per heavy atom. The van der Waals surface area contributed by atoms with E-state index in [9.17, 15) is 9.90 Å². The molecule has 0 aliphatic carbocycles. The van der Waals surface area contributed by atoms with Gasteiger partial charge in [-0.05, 0) is 45.7 Å². The molecule has 118 valence electrons. The number of aromatic nitrogens is 1. The minimum absolute atomic E-state index is 0.415. The number of para-hydroxylation sites is 1. The molecule has 3 rings (SSSR count). The number of hydrogen-bond acceptors (Lipinski definition) is 3. The number of H-pyrrole nitrogens is 1. The summed E-state index contributed by atoms with van der Waals surface area (Å²) in [7, 11) is 0. The van der Waals surface area contributed by atoms with Crippen LogP contribution in [0.1, 0.15) is 32.0 Å². The minimum atomic E-state index is -1.32. The number of nitrogens with one attached hydrogen (secondary N) is 1. The number of hydrogen-bond donors (Lipinski definition) is 2. The molecule has 1 saturated heterocycles.